The SMILES string of the molecule is CN=C(NCc1ccc([N+](=O)[O-])cc1)N1CCc2cc(OC)c(OC)cc2C1. The van der Waals surface area contributed by atoms with Crippen LogP contribution in [0.4, 0.5) is 5.69 Å². The van der Waals surface area contributed by atoms with E-state index >= 15 is 0 Å². The number of rotatable bonds is 5. The third kappa shape index (κ3) is 4.16. The summed E-state index contributed by atoms with van der Waals surface area (Å²) < 4.78 is 10.8. The molecule has 28 heavy (non-hydrogen) atoms. The molecule has 0 radical (unpaired) electrons. The lowest BCUT2D eigenvalue weighted by Gasteiger charge is -2.32. The quantitative estimate of drug-likeness (QED) is 0.369. The molecule has 0 aliphatic carbocycles. The lowest BCUT2D eigenvalue weighted by Crippen LogP contribution is -2.43. The van der Waals surface area contributed by atoms with E-state index < -0.39 is 4.92 Å². The van der Waals surface area contributed by atoms with Gasteiger partial charge in [-0.25, -0.2) is 0 Å². The van der Waals surface area contributed by atoms with Crippen molar-refractivity contribution in [3.63, 3.8) is 0 Å². The Morgan fingerprint density at radius 2 is 1.82 bits per heavy atom. The molecule has 3 rings (SSSR count). The van der Waals surface area contributed by atoms with Gasteiger partial charge >= 0.3 is 0 Å². The first-order chi connectivity index (χ1) is 13.5. The van der Waals surface area contributed by atoms with Gasteiger partial charge in [0.15, 0.2) is 17.5 Å². The highest BCUT2D eigenvalue weighted by molar-refractivity contribution is 5.80. The molecule has 0 spiro atoms. The zero-order chi connectivity index (χ0) is 20.1. The lowest BCUT2D eigenvalue weighted by molar-refractivity contribution is -0.384. The van der Waals surface area contributed by atoms with Crippen LogP contribution in [0.15, 0.2) is 41.4 Å². The van der Waals surface area contributed by atoms with Gasteiger partial charge in [0.1, 0.15) is 0 Å². The summed E-state index contributed by atoms with van der Waals surface area (Å²) in [6.07, 6.45) is 0.883. The zero-order valence-electron chi connectivity index (χ0n) is 16.3. The van der Waals surface area contributed by atoms with Crippen LogP contribution in [0.2, 0.25) is 0 Å². The summed E-state index contributed by atoms with van der Waals surface area (Å²) in [5, 5.41) is 14.1. The van der Waals surface area contributed by atoms with Crippen LogP contribution < -0.4 is 14.8 Å². The van der Waals surface area contributed by atoms with E-state index in [2.05, 4.69) is 15.2 Å². The van der Waals surface area contributed by atoms with Crippen molar-refractivity contribution >= 4 is 11.6 Å². The van der Waals surface area contributed by atoms with Crippen molar-refractivity contribution in [3.8, 4) is 11.5 Å². The number of nitrogens with one attached hydrogen (secondary N) is 1. The molecular formula is C20H24N4O4. The number of non-ortho nitro benzene ring substituents is 1. The maximum atomic E-state index is 10.8. The smallest absolute Gasteiger partial charge is 0.269 e. The number of ether oxygens (including phenoxy) is 2. The highest BCUT2D eigenvalue weighted by atomic mass is 16.6. The highest BCUT2D eigenvalue weighted by Crippen LogP contribution is 2.33. The average molecular weight is 384 g/mol. The molecule has 0 amide bonds. The molecule has 0 bridgehead atoms. The van der Waals surface area contributed by atoms with E-state index in [1.807, 2.05) is 12.1 Å². The summed E-state index contributed by atoms with van der Waals surface area (Å²) >= 11 is 0. The molecule has 1 heterocycles. The minimum absolute atomic E-state index is 0.0881. The Labute approximate surface area is 163 Å². The van der Waals surface area contributed by atoms with Gasteiger partial charge in [0.05, 0.1) is 19.1 Å². The second-order valence-corrected chi connectivity index (χ2v) is 6.47. The van der Waals surface area contributed by atoms with Gasteiger partial charge in [0, 0.05) is 38.8 Å². The van der Waals surface area contributed by atoms with Gasteiger partial charge in [0.25, 0.3) is 5.69 Å². The fourth-order valence-electron chi connectivity index (χ4n) is 3.31. The number of guanidine groups is 1. The molecule has 1 N–H and O–H groups in total. The van der Waals surface area contributed by atoms with E-state index in [0.717, 1.165) is 42.5 Å². The Hall–Kier alpha value is -3.29. The minimum atomic E-state index is -0.398. The Morgan fingerprint density at radius 3 is 2.39 bits per heavy atom. The number of nitrogens with zero attached hydrogens (tertiary/aromatic N) is 3. The molecule has 1 aliphatic heterocycles. The first-order valence-electron chi connectivity index (χ1n) is 8.98. The predicted molar refractivity (Wildman–Crippen MR) is 107 cm³/mol. The summed E-state index contributed by atoms with van der Waals surface area (Å²) in [6.45, 7) is 2.10. The van der Waals surface area contributed by atoms with E-state index in [9.17, 15) is 10.1 Å². The third-order valence-corrected chi connectivity index (χ3v) is 4.83. The maximum Gasteiger partial charge on any atom is 0.269 e. The van der Waals surface area contributed by atoms with Crippen molar-refractivity contribution in [2.45, 2.75) is 19.5 Å². The van der Waals surface area contributed by atoms with E-state index in [1.54, 1.807) is 33.4 Å². The molecule has 2 aromatic rings. The molecule has 0 atom stereocenters. The summed E-state index contributed by atoms with van der Waals surface area (Å²) in [5.41, 5.74) is 3.47. The molecule has 0 unspecified atom stereocenters. The second kappa shape index (κ2) is 8.60. The average Bonchev–Trinajstić information content (AvgIpc) is 2.73. The third-order valence-electron chi connectivity index (χ3n) is 4.83. The zero-order valence-corrected chi connectivity index (χ0v) is 16.3. The Balaban J connectivity index is 1.68. The largest absolute Gasteiger partial charge is 0.493 e. The fraction of sp³-hybridized carbons (Fsp3) is 0.350. The number of hydrogen-bond acceptors (Lipinski definition) is 5. The van der Waals surface area contributed by atoms with Gasteiger partial charge in [-0.3, -0.25) is 15.1 Å². The summed E-state index contributed by atoms with van der Waals surface area (Å²) in [6, 6.07) is 10.6. The standard InChI is InChI=1S/C20H24N4O4/c1-21-20(22-12-14-4-6-17(7-5-14)24(25)26)23-9-8-15-10-18(27-2)19(28-3)11-16(15)13-23/h4-7,10-11H,8-9,12-13H2,1-3H3,(H,21,22). The molecule has 2 aromatic carbocycles. The number of fused-ring (bicyclic) bond motifs is 1. The van der Waals surface area contributed by atoms with E-state index in [4.69, 9.17) is 9.47 Å². The van der Waals surface area contributed by atoms with E-state index in [0.29, 0.717) is 6.54 Å². The van der Waals surface area contributed by atoms with Gasteiger partial charge < -0.3 is 19.7 Å². The molecule has 1 aliphatic rings. The van der Waals surface area contributed by atoms with Gasteiger partial charge in [-0.15, -0.1) is 0 Å². The number of aliphatic imine (C=N–C) groups is 1. The van der Waals surface area contributed by atoms with Crippen molar-refractivity contribution in [1.29, 1.82) is 0 Å². The van der Waals surface area contributed by atoms with Crippen LogP contribution in [0.5, 0.6) is 11.5 Å². The second-order valence-electron chi connectivity index (χ2n) is 6.47. The minimum Gasteiger partial charge on any atom is -0.493 e. The van der Waals surface area contributed by atoms with Gasteiger partial charge in [-0.05, 0) is 35.2 Å². The monoisotopic (exact) mass is 384 g/mol. The Kier molecular flexibility index (Phi) is 5.98. The lowest BCUT2D eigenvalue weighted by atomic mass is 9.99. The van der Waals surface area contributed by atoms with Crippen LogP contribution in [-0.2, 0) is 19.5 Å². The number of benzene rings is 2. The number of nitro groups is 1. The maximum absolute atomic E-state index is 10.8. The highest BCUT2D eigenvalue weighted by Gasteiger charge is 2.21. The molecular weight excluding hydrogens is 360 g/mol. The topological polar surface area (TPSA) is 89.2 Å². The molecule has 0 aromatic heterocycles. The summed E-state index contributed by atoms with van der Waals surface area (Å²) in [5.74, 6) is 2.26. The number of methoxy groups -OCH3 is 2. The summed E-state index contributed by atoms with van der Waals surface area (Å²) in [4.78, 5) is 16.9. The van der Waals surface area contributed by atoms with Crippen molar-refractivity contribution in [1.82, 2.24) is 10.2 Å². The summed E-state index contributed by atoms with van der Waals surface area (Å²) in [7, 11) is 5.03. The van der Waals surface area contributed by atoms with E-state index in [-0.39, 0.29) is 5.69 Å². The van der Waals surface area contributed by atoms with Gasteiger partial charge in [0.2, 0.25) is 0 Å². The Morgan fingerprint density at radius 1 is 1.18 bits per heavy atom. The van der Waals surface area contributed by atoms with Crippen LogP contribution in [0.1, 0.15) is 16.7 Å². The first-order valence-corrected chi connectivity index (χ1v) is 8.98. The van der Waals surface area contributed by atoms with Crippen LogP contribution in [0.3, 0.4) is 0 Å². The fourth-order valence-corrected chi connectivity index (χ4v) is 3.31. The van der Waals surface area contributed by atoms with Crippen molar-refractivity contribution in [3.05, 3.63) is 63.2 Å². The molecule has 8 heteroatoms. The van der Waals surface area contributed by atoms with Crippen LogP contribution in [0, 0.1) is 10.1 Å². The van der Waals surface area contributed by atoms with Crippen molar-refractivity contribution < 1.29 is 14.4 Å². The van der Waals surface area contributed by atoms with Crippen LogP contribution in [-0.4, -0.2) is 43.6 Å². The normalized spacial score (nSPS) is 13.7. The Bertz CT molecular complexity index is 881. The van der Waals surface area contributed by atoms with Crippen LogP contribution in [0.25, 0.3) is 0 Å². The van der Waals surface area contributed by atoms with Gasteiger partial charge in [-0.1, -0.05) is 12.1 Å². The molecule has 0 fully saturated rings. The number of nitro benzene ring substituents is 1. The molecule has 8 nitrogen and oxygen atoms in total. The molecule has 148 valence electrons. The first kappa shape index (κ1) is 19.5. The van der Waals surface area contributed by atoms with Gasteiger partial charge in [-0.2, -0.15) is 0 Å². The molecule has 0 saturated carbocycles. The van der Waals surface area contributed by atoms with Crippen LogP contribution >= 0.6 is 0 Å². The molecule has 0 saturated heterocycles. The number of hydrogen-bond donors (Lipinski definition) is 1. The van der Waals surface area contributed by atoms with E-state index in [1.165, 1.54) is 23.3 Å². The predicted octanol–water partition coefficient (Wildman–Crippen LogP) is 2.75. The van der Waals surface area contributed by atoms with Crippen molar-refractivity contribution in [2.75, 3.05) is 27.8 Å². The van der Waals surface area contributed by atoms with Crippen molar-refractivity contribution in [2.24, 2.45) is 4.99 Å².